The lowest BCUT2D eigenvalue weighted by molar-refractivity contribution is -0.130. The minimum absolute atomic E-state index is 0.0545. The summed E-state index contributed by atoms with van der Waals surface area (Å²) in [6.07, 6.45) is 0.296. The Morgan fingerprint density at radius 2 is 2.18 bits per heavy atom. The molecule has 1 N–H and O–H groups in total. The molecule has 5 heteroatoms. The zero-order valence-electron chi connectivity index (χ0n) is 12.8. The van der Waals surface area contributed by atoms with Gasteiger partial charge in [-0.15, -0.1) is 0 Å². The van der Waals surface area contributed by atoms with Crippen molar-refractivity contribution in [1.29, 1.82) is 0 Å². The van der Waals surface area contributed by atoms with Crippen LogP contribution >= 0.6 is 0 Å². The van der Waals surface area contributed by atoms with Crippen LogP contribution in [0.5, 0.6) is 0 Å². The van der Waals surface area contributed by atoms with Gasteiger partial charge in [0.1, 0.15) is 11.3 Å². The summed E-state index contributed by atoms with van der Waals surface area (Å²) in [5.74, 6) is 0.426. The molecule has 1 aromatic carbocycles. The van der Waals surface area contributed by atoms with E-state index in [-0.39, 0.29) is 23.8 Å². The van der Waals surface area contributed by atoms with Gasteiger partial charge in [-0.2, -0.15) is 0 Å². The smallest absolute Gasteiger partial charge is 0.225 e. The van der Waals surface area contributed by atoms with Gasteiger partial charge in [-0.3, -0.25) is 9.59 Å². The highest BCUT2D eigenvalue weighted by Crippen LogP contribution is 2.21. The summed E-state index contributed by atoms with van der Waals surface area (Å²) < 4.78 is 5.67. The van der Waals surface area contributed by atoms with Gasteiger partial charge in [0, 0.05) is 24.4 Å². The molecule has 1 atom stereocenters. The lowest BCUT2D eigenvalue weighted by Crippen LogP contribution is -2.35. The Morgan fingerprint density at radius 1 is 1.41 bits per heavy atom. The highest BCUT2D eigenvalue weighted by Gasteiger charge is 2.35. The van der Waals surface area contributed by atoms with Crippen molar-refractivity contribution < 1.29 is 14.0 Å². The monoisotopic (exact) mass is 300 g/mol. The minimum atomic E-state index is -0.265. The van der Waals surface area contributed by atoms with Crippen molar-refractivity contribution >= 4 is 22.8 Å². The fourth-order valence-corrected chi connectivity index (χ4v) is 2.85. The Hall–Kier alpha value is -2.30. The van der Waals surface area contributed by atoms with Crippen LogP contribution in [0.1, 0.15) is 26.0 Å². The Balaban J connectivity index is 1.59. The molecule has 116 valence electrons. The van der Waals surface area contributed by atoms with E-state index < -0.39 is 0 Å². The number of rotatable bonds is 4. The largest absolute Gasteiger partial charge is 0.459 e. The second-order valence-electron chi connectivity index (χ2n) is 6.01. The van der Waals surface area contributed by atoms with Crippen molar-refractivity contribution in [2.24, 2.45) is 5.92 Å². The zero-order chi connectivity index (χ0) is 15.7. The van der Waals surface area contributed by atoms with E-state index in [4.69, 9.17) is 4.42 Å². The Morgan fingerprint density at radius 3 is 2.86 bits per heavy atom. The van der Waals surface area contributed by atoms with Gasteiger partial charge in [-0.1, -0.05) is 18.2 Å². The summed E-state index contributed by atoms with van der Waals surface area (Å²) in [6.45, 7) is 4.78. The molecule has 0 saturated carbocycles. The number of furan rings is 1. The Kier molecular flexibility index (Phi) is 3.88. The number of benzene rings is 1. The van der Waals surface area contributed by atoms with E-state index in [0.717, 1.165) is 16.7 Å². The molecule has 1 fully saturated rings. The van der Waals surface area contributed by atoms with E-state index in [2.05, 4.69) is 5.32 Å². The van der Waals surface area contributed by atoms with Crippen LogP contribution in [-0.2, 0) is 16.1 Å². The Bertz CT molecular complexity index is 672. The summed E-state index contributed by atoms with van der Waals surface area (Å²) in [7, 11) is 0. The molecule has 0 aliphatic carbocycles. The van der Waals surface area contributed by atoms with E-state index in [1.54, 1.807) is 4.90 Å². The summed E-state index contributed by atoms with van der Waals surface area (Å²) in [4.78, 5) is 25.8. The number of carbonyl (C=O) groups excluding carboxylic acids is 2. The van der Waals surface area contributed by atoms with Gasteiger partial charge in [0.2, 0.25) is 11.8 Å². The number of hydrogen-bond acceptors (Lipinski definition) is 3. The molecule has 3 rings (SSSR count). The summed E-state index contributed by atoms with van der Waals surface area (Å²) in [5, 5.41) is 3.89. The molecule has 0 radical (unpaired) electrons. The molecule has 0 spiro atoms. The Labute approximate surface area is 129 Å². The van der Waals surface area contributed by atoms with Crippen LogP contribution in [0, 0.1) is 5.92 Å². The van der Waals surface area contributed by atoms with Gasteiger partial charge in [0.15, 0.2) is 0 Å². The maximum Gasteiger partial charge on any atom is 0.225 e. The van der Waals surface area contributed by atoms with Crippen LogP contribution in [0.2, 0.25) is 0 Å². The van der Waals surface area contributed by atoms with Crippen molar-refractivity contribution in [3.8, 4) is 0 Å². The van der Waals surface area contributed by atoms with Crippen molar-refractivity contribution in [2.45, 2.75) is 32.9 Å². The lowest BCUT2D eigenvalue weighted by atomic mass is 10.1. The molecule has 2 heterocycles. The van der Waals surface area contributed by atoms with Crippen molar-refractivity contribution in [1.82, 2.24) is 10.2 Å². The molecular weight excluding hydrogens is 280 g/mol. The quantitative estimate of drug-likeness (QED) is 0.942. The van der Waals surface area contributed by atoms with Gasteiger partial charge in [-0.25, -0.2) is 0 Å². The number of para-hydroxylation sites is 1. The first-order valence-corrected chi connectivity index (χ1v) is 7.59. The number of fused-ring (bicyclic) bond motifs is 1. The molecule has 1 aliphatic rings. The van der Waals surface area contributed by atoms with Crippen molar-refractivity contribution in [3.63, 3.8) is 0 Å². The molecule has 0 bridgehead atoms. The second-order valence-corrected chi connectivity index (χ2v) is 6.01. The topological polar surface area (TPSA) is 62.6 Å². The predicted octanol–water partition coefficient (Wildman–Crippen LogP) is 2.31. The number of carbonyl (C=O) groups is 2. The third-order valence-corrected chi connectivity index (χ3v) is 4.07. The first-order valence-electron chi connectivity index (χ1n) is 7.59. The van der Waals surface area contributed by atoms with E-state index in [1.807, 2.05) is 44.2 Å². The minimum Gasteiger partial charge on any atom is -0.459 e. The summed E-state index contributed by atoms with van der Waals surface area (Å²) >= 11 is 0. The van der Waals surface area contributed by atoms with E-state index in [1.165, 1.54) is 0 Å². The third kappa shape index (κ3) is 2.84. The SMILES string of the molecule is CC(C)N1CC(C(=O)NCc2cc3ccccc3o2)CC1=O. The molecule has 1 aliphatic heterocycles. The van der Waals surface area contributed by atoms with E-state index in [0.29, 0.717) is 19.5 Å². The maximum absolute atomic E-state index is 12.2. The molecule has 5 nitrogen and oxygen atoms in total. The zero-order valence-corrected chi connectivity index (χ0v) is 12.8. The molecule has 1 aromatic heterocycles. The molecule has 1 unspecified atom stereocenters. The first kappa shape index (κ1) is 14.6. The first-order chi connectivity index (χ1) is 10.5. The highest BCUT2D eigenvalue weighted by atomic mass is 16.3. The maximum atomic E-state index is 12.2. The molecular formula is C17H20N2O3. The van der Waals surface area contributed by atoms with Crippen LogP contribution in [0.3, 0.4) is 0 Å². The normalized spacial score (nSPS) is 18.4. The summed E-state index contributed by atoms with van der Waals surface area (Å²) in [5.41, 5.74) is 0.814. The third-order valence-electron chi connectivity index (χ3n) is 4.07. The second kappa shape index (κ2) is 5.83. The van der Waals surface area contributed by atoms with Gasteiger partial charge < -0.3 is 14.6 Å². The molecule has 1 saturated heterocycles. The fraction of sp³-hybridized carbons (Fsp3) is 0.412. The van der Waals surface area contributed by atoms with Gasteiger partial charge in [0.05, 0.1) is 12.5 Å². The van der Waals surface area contributed by atoms with Crippen molar-refractivity contribution in [2.75, 3.05) is 6.54 Å². The highest BCUT2D eigenvalue weighted by molar-refractivity contribution is 5.89. The van der Waals surface area contributed by atoms with Crippen LogP contribution in [0.4, 0.5) is 0 Å². The van der Waals surface area contributed by atoms with Crippen LogP contribution in [0.15, 0.2) is 34.7 Å². The standard InChI is InChI=1S/C17H20N2O3/c1-11(2)19-10-13(8-16(19)20)17(21)18-9-14-7-12-5-3-4-6-15(12)22-14/h3-7,11,13H,8-10H2,1-2H3,(H,18,21). The van der Waals surface area contributed by atoms with Crippen molar-refractivity contribution in [3.05, 3.63) is 36.1 Å². The lowest BCUT2D eigenvalue weighted by Gasteiger charge is -2.20. The average molecular weight is 300 g/mol. The molecule has 22 heavy (non-hydrogen) atoms. The summed E-state index contributed by atoms with van der Waals surface area (Å²) in [6, 6.07) is 9.80. The van der Waals surface area contributed by atoms with Gasteiger partial charge >= 0.3 is 0 Å². The average Bonchev–Trinajstić information content (AvgIpc) is 3.07. The number of nitrogens with one attached hydrogen (secondary N) is 1. The number of amides is 2. The number of likely N-dealkylation sites (tertiary alicyclic amines) is 1. The van der Waals surface area contributed by atoms with Crippen LogP contribution < -0.4 is 5.32 Å². The van der Waals surface area contributed by atoms with E-state index in [9.17, 15) is 9.59 Å². The predicted molar refractivity (Wildman–Crippen MR) is 83.0 cm³/mol. The fourth-order valence-electron chi connectivity index (χ4n) is 2.85. The molecule has 2 amide bonds. The molecule has 2 aromatic rings. The number of hydrogen-bond donors (Lipinski definition) is 1. The van der Waals surface area contributed by atoms with Crippen LogP contribution in [-0.4, -0.2) is 29.3 Å². The number of nitrogens with zero attached hydrogens (tertiary/aromatic N) is 1. The van der Waals surface area contributed by atoms with Gasteiger partial charge in [0.25, 0.3) is 0 Å². The van der Waals surface area contributed by atoms with E-state index >= 15 is 0 Å². The van der Waals surface area contributed by atoms with Gasteiger partial charge in [-0.05, 0) is 26.0 Å². The van der Waals surface area contributed by atoms with Crippen LogP contribution in [0.25, 0.3) is 11.0 Å².